The molecule has 0 saturated heterocycles. The number of halogens is 2. The van der Waals surface area contributed by atoms with Gasteiger partial charge in [-0.2, -0.15) is 0 Å². The number of fused-ring (bicyclic) bond motifs is 1. The highest BCUT2D eigenvalue weighted by molar-refractivity contribution is 6.01. The van der Waals surface area contributed by atoms with E-state index in [0.717, 1.165) is 49.1 Å². The second-order valence-electron chi connectivity index (χ2n) is 9.63. The number of nitrogens with one attached hydrogen (secondary N) is 1. The molecule has 0 amide bonds. The van der Waals surface area contributed by atoms with Gasteiger partial charge in [-0.05, 0) is 73.6 Å². The Morgan fingerprint density at radius 3 is 2.38 bits per heavy atom. The van der Waals surface area contributed by atoms with Gasteiger partial charge < -0.3 is 10.4 Å². The maximum atomic E-state index is 14.0. The normalized spacial score (nSPS) is 25.5. The van der Waals surface area contributed by atoms with Crippen LogP contribution in [-0.4, -0.2) is 23.1 Å². The van der Waals surface area contributed by atoms with Gasteiger partial charge in [-0.15, -0.1) is 0 Å². The van der Waals surface area contributed by atoms with Gasteiger partial charge in [0.05, 0.1) is 17.1 Å². The van der Waals surface area contributed by atoms with Crippen molar-refractivity contribution in [2.24, 2.45) is 16.8 Å². The number of ketones is 1. The SMILES string of the molecule is CC1(NC2CCCCC2)c2cc(-c3cc(F)c(O)c(F)c3)ccc2N=CC1C(=O)C1CC1. The summed E-state index contributed by atoms with van der Waals surface area (Å²) in [7, 11) is 0. The summed E-state index contributed by atoms with van der Waals surface area (Å²) in [5.74, 6) is -3.04. The zero-order chi connectivity index (χ0) is 22.5. The first-order valence-corrected chi connectivity index (χ1v) is 11.6. The van der Waals surface area contributed by atoms with E-state index >= 15 is 0 Å². The van der Waals surface area contributed by atoms with E-state index in [0.29, 0.717) is 17.2 Å². The number of carbonyl (C=O) groups is 1. The van der Waals surface area contributed by atoms with E-state index < -0.39 is 22.9 Å². The molecule has 5 rings (SSSR count). The van der Waals surface area contributed by atoms with Crippen LogP contribution in [0, 0.1) is 23.5 Å². The molecule has 0 aromatic heterocycles. The highest BCUT2D eigenvalue weighted by Crippen LogP contribution is 2.46. The lowest BCUT2D eigenvalue weighted by molar-refractivity contribution is -0.124. The summed E-state index contributed by atoms with van der Waals surface area (Å²) in [4.78, 5) is 17.9. The fourth-order valence-electron chi connectivity index (χ4n) is 5.27. The number of rotatable bonds is 5. The first-order valence-electron chi connectivity index (χ1n) is 11.6. The molecule has 2 aromatic carbocycles. The van der Waals surface area contributed by atoms with Crippen LogP contribution in [0.3, 0.4) is 0 Å². The minimum absolute atomic E-state index is 0.101. The van der Waals surface area contributed by atoms with Crippen molar-refractivity contribution >= 4 is 17.7 Å². The minimum atomic E-state index is -0.999. The zero-order valence-electron chi connectivity index (χ0n) is 18.2. The fourth-order valence-corrected chi connectivity index (χ4v) is 5.27. The predicted molar refractivity (Wildman–Crippen MR) is 120 cm³/mol. The number of Topliss-reactive ketones (excluding diaryl/α,β-unsaturated/α-hetero) is 1. The van der Waals surface area contributed by atoms with E-state index in [-0.39, 0.29) is 17.6 Å². The zero-order valence-corrected chi connectivity index (χ0v) is 18.2. The molecule has 0 bridgehead atoms. The Bertz CT molecular complexity index is 1070. The Balaban J connectivity index is 1.59. The maximum Gasteiger partial charge on any atom is 0.187 e. The average molecular weight is 439 g/mol. The first-order chi connectivity index (χ1) is 15.4. The third-order valence-electron chi connectivity index (χ3n) is 7.29. The summed E-state index contributed by atoms with van der Waals surface area (Å²) in [6.45, 7) is 2.07. The van der Waals surface area contributed by atoms with Crippen LogP contribution in [0.1, 0.15) is 57.4 Å². The van der Waals surface area contributed by atoms with Gasteiger partial charge in [0.15, 0.2) is 17.4 Å². The number of aromatic hydroxyl groups is 1. The summed E-state index contributed by atoms with van der Waals surface area (Å²) in [6, 6.07) is 8.07. The molecule has 0 spiro atoms. The Morgan fingerprint density at radius 2 is 1.72 bits per heavy atom. The van der Waals surface area contributed by atoms with Crippen LogP contribution in [-0.2, 0) is 10.3 Å². The summed E-state index contributed by atoms with van der Waals surface area (Å²) < 4.78 is 28.0. The van der Waals surface area contributed by atoms with Crippen molar-refractivity contribution in [1.82, 2.24) is 5.32 Å². The van der Waals surface area contributed by atoms with Crippen molar-refractivity contribution < 1.29 is 18.7 Å². The number of hydrogen-bond acceptors (Lipinski definition) is 4. The molecule has 2 atom stereocenters. The molecule has 168 valence electrons. The number of aliphatic imine (C=N–C) groups is 1. The molecule has 2 saturated carbocycles. The second-order valence-corrected chi connectivity index (χ2v) is 9.63. The molecule has 1 heterocycles. The van der Waals surface area contributed by atoms with Crippen molar-refractivity contribution in [3.8, 4) is 16.9 Å². The van der Waals surface area contributed by atoms with Crippen LogP contribution in [0.15, 0.2) is 35.3 Å². The van der Waals surface area contributed by atoms with E-state index in [1.807, 2.05) is 12.1 Å². The van der Waals surface area contributed by atoms with Gasteiger partial charge in [0, 0.05) is 18.2 Å². The number of phenols is 1. The molecular weight excluding hydrogens is 410 g/mol. The molecule has 0 radical (unpaired) electrons. The molecule has 6 heteroatoms. The lowest BCUT2D eigenvalue weighted by atomic mass is 9.72. The van der Waals surface area contributed by atoms with Crippen LogP contribution in [0.25, 0.3) is 11.1 Å². The lowest BCUT2D eigenvalue weighted by Crippen LogP contribution is -2.55. The van der Waals surface area contributed by atoms with Gasteiger partial charge in [-0.3, -0.25) is 9.79 Å². The van der Waals surface area contributed by atoms with Crippen LogP contribution in [0.5, 0.6) is 5.75 Å². The number of nitrogens with zero attached hydrogens (tertiary/aromatic N) is 1. The van der Waals surface area contributed by atoms with E-state index in [1.54, 1.807) is 12.3 Å². The molecule has 2 aliphatic carbocycles. The number of hydrogen-bond donors (Lipinski definition) is 2. The van der Waals surface area contributed by atoms with Crippen LogP contribution < -0.4 is 5.32 Å². The van der Waals surface area contributed by atoms with E-state index in [9.17, 15) is 18.7 Å². The largest absolute Gasteiger partial charge is 0.503 e. The molecule has 2 fully saturated rings. The third kappa shape index (κ3) is 3.75. The molecule has 4 nitrogen and oxygen atoms in total. The highest BCUT2D eigenvalue weighted by Gasteiger charge is 2.48. The molecular formula is C26H28F2N2O2. The molecule has 32 heavy (non-hydrogen) atoms. The molecule has 2 N–H and O–H groups in total. The minimum Gasteiger partial charge on any atom is -0.503 e. The van der Waals surface area contributed by atoms with Crippen molar-refractivity contribution in [3.63, 3.8) is 0 Å². The smallest absolute Gasteiger partial charge is 0.187 e. The van der Waals surface area contributed by atoms with Crippen LogP contribution in [0.2, 0.25) is 0 Å². The van der Waals surface area contributed by atoms with Crippen molar-refractivity contribution in [2.45, 2.75) is 63.5 Å². The Kier molecular flexibility index (Phi) is 5.36. The van der Waals surface area contributed by atoms with Crippen molar-refractivity contribution in [1.29, 1.82) is 0 Å². The Labute approximate surface area is 186 Å². The van der Waals surface area contributed by atoms with Crippen LogP contribution in [0.4, 0.5) is 14.5 Å². The molecule has 2 aromatic rings. The lowest BCUT2D eigenvalue weighted by Gasteiger charge is -2.43. The van der Waals surface area contributed by atoms with Crippen molar-refractivity contribution in [3.05, 3.63) is 47.5 Å². The van der Waals surface area contributed by atoms with Crippen molar-refractivity contribution in [2.75, 3.05) is 0 Å². The molecule has 2 unspecified atom stereocenters. The monoisotopic (exact) mass is 438 g/mol. The van der Waals surface area contributed by atoms with Gasteiger partial charge >= 0.3 is 0 Å². The maximum absolute atomic E-state index is 14.0. The van der Waals surface area contributed by atoms with Crippen LogP contribution >= 0.6 is 0 Å². The number of phenolic OH excluding ortho intramolecular Hbond substituents is 1. The summed E-state index contributed by atoms with van der Waals surface area (Å²) in [6.07, 6.45) is 9.37. The highest BCUT2D eigenvalue weighted by atomic mass is 19.1. The summed E-state index contributed by atoms with van der Waals surface area (Å²) in [5, 5.41) is 13.3. The fraction of sp³-hybridized carbons (Fsp3) is 0.462. The van der Waals surface area contributed by atoms with E-state index in [4.69, 9.17) is 0 Å². The van der Waals surface area contributed by atoms with Gasteiger partial charge in [0.2, 0.25) is 0 Å². The summed E-state index contributed by atoms with van der Waals surface area (Å²) >= 11 is 0. The topological polar surface area (TPSA) is 61.7 Å². The third-order valence-corrected chi connectivity index (χ3v) is 7.29. The Morgan fingerprint density at radius 1 is 1.03 bits per heavy atom. The van der Waals surface area contributed by atoms with Gasteiger partial charge in [0.1, 0.15) is 5.78 Å². The molecule has 3 aliphatic rings. The second kappa shape index (κ2) is 8.07. The van der Waals surface area contributed by atoms with Gasteiger partial charge in [0.25, 0.3) is 0 Å². The number of benzene rings is 2. The predicted octanol–water partition coefficient (Wildman–Crippen LogP) is 5.79. The van der Waals surface area contributed by atoms with E-state index in [2.05, 4.69) is 17.2 Å². The average Bonchev–Trinajstić information content (AvgIpc) is 3.63. The quantitative estimate of drug-likeness (QED) is 0.622. The van der Waals surface area contributed by atoms with E-state index in [1.165, 1.54) is 19.3 Å². The summed E-state index contributed by atoms with van der Waals surface area (Å²) in [5.41, 5.74) is 1.94. The standard InChI is InChI=1S/C26H28F2N2O2/c1-26(30-18-5-3-2-4-6-18)19-11-16(17-12-21(27)25(32)22(28)13-17)9-10-23(19)29-14-20(26)24(31)15-7-8-15/h9-15,18,20,30,32H,2-8H2,1H3. The first kappa shape index (κ1) is 21.3. The van der Waals surface area contributed by atoms with Gasteiger partial charge in [-0.1, -0.05) is 25.3 Å². The molecule has 1 aliphatic heterocycles. The number of carbonyl (C=O) groups excluding carboxylic acids is 1. The Hall–Kier alpha value is -2.60. The van der Waals surface area contributed by atoms with Gasteiger partial charge in [-0.25, -0.2) is 8.78 Å².